The zero-order chi connectivity index (χ0) is 14.3. The number of benzene rings is 2. The fourth-order valence-corrected chi connectivity index (χ4v) is 2.60. The highest BCUT2D eigenvalue weighted by atomic mass is 35.5. The number of nitrogens with two attached hydrogens (primary N) is 1. The summed E-state index contributed by atoms with van der Waals surface area (Å²) in [5.41, 5.74) is 8.66. The minimum atomic E-state index is -0.585. The van der Waals surface area contributed by atoms with Gasteiger partial charge in [0.1, 0.15) is 5.82 Å². The lowest BCUT2D eigenvalue weighted by Crippen LogP contribution is -2.25. The lowest BCUT2D eigenvalue weighted by molar-refractivity contribution is 0.0751. The zero-order valence-corrected chi connectivity index (χ0v) is 11.3. The zero-order valence-electron chi connectivity index (χ0n) is 10.6. The Kier molecular flexibility index (Phi) is 3.10. The summed E-state index contributed by atoms with van der Waals surface area (Å²) in [5, 5.41) is -0.132. The van der Waals surface area contributed by atoms with Crippen molar-refractivity contribution in [2.75, 3.05) is 5.73 Å². The minimum absolute atomic E-state index is 0.132. The number of anilines is 1. The fourth-order valence-electron chi connectivity index (χ4n) is 2.40. The Bertz CT molecular complexity index is 702. The number of carbonyl (C=O) groups is 1. The first kappa shape index (κ1) is 12.9. The van der Waals surface area contributed by atoms with Crippen LogP contribution in [-0.2, 0) is 13.1 Å². The third-order valence-electron chi connectivity index (χ3n) is 3.42. The number of hydrogen-bond donors (Lipinski definition) is 1. The molecule has 0 radical (unpaired) electrons. The Labute approximate surface area is 120 Å². The number of nitrogens with zero attached hydrogens (tertiary/aromatic N) is 1. The molecule has 0 saturated carbocycles. The molecule has 0 aromatic heterocycles. The molecule has 0 bridgehead atoms. The van der Waals surface area contributed by atoms with E-state index < -0.39 is 5.82 Å². The standard InChI is InChI=1S/C15H12ClFN2O/c16-14-12(2-1-3-13(14)17)15(20)19-7-9-4-5-11(18)6-10(9)8-19/h1-6H,7-8,18H2. The minimum Gasteiger partial charge on any atom is -0.399 e. The molecule has 0 fully saturated rings. The number of carbonyl (C=O) groups excluding carboxylic acids is 1. The quantitative estimate of drug-likeness (QED) is 0.820. The number of halogens is 2. The molecular formula is C15H12ClFN2O. The maximum Gasteiger partial charge on any atom is 0.256 e. The lowest BCUT2D eigenvalue weighted by atomic mass is 10.1. The Morgan fingerprint density at radius 2 is 1.95 bits per heavy atom. The van der Waals surface area contributed by atoms with Gasteiger partial charge in [-0.15, -0.1) is 0 Å². The molecule has 3 nitrogen and oxygen atoms in total. The van der Waals surface area contributed by atoms with E-state index in [0.717, 1.165) is 11.1 Å². The van der Waals surface area contributed by atoms with Gasteiger partial charge in [0, 0.05) is 18.8 Å². The van der Waals surface area contributed by atoms with Crippen LogP contribution in [0, 0.1) is 5.82 Å². The summed E-state index contributed by atoms with van der Waals surface area (Å²) in [6.07, 6.45) is 0. The molecule has 20 heavy (non-hydrogen) atoms. The van der Waals surface area contributed by atoms with Crippen LogP contribution < -0.4 is 5.73 Å². The average molecular weight is 291 g/mol. The van der Waals surface area contributed by atoms with E-state index in [1.165, 1.54) is 18.2 Å². The van der Waals surface area contributed by atoms with Crippen LogP contribution in [0.3, 0.4) is 0 Å². The molecule has 1 aliphatic heterocycles. The van der Waals surface area contributed by atoms with Gasteiger partial charge in [-0.2, -0.15) is 0 Å². The van der Waals surface area contributed by atoms with Gasteiger partial charge in [-0.1, -0.05) is 23.7 Å². The summed E-state index contributed by atoms with van der Waals surface area (Å²) in [6, 6.07) is 9.82. The number of amides is 1. The van der Waals surface area contributed by atoms with Crippen molar-refractivity contribution < 1.29 is 9.18 Å². The smallest absolute Gasteiger partial charge is 0.256 e. The van der Waals surface area contributed by atoms with E-state index in [2.05, 4.69) is 0 Å². The summed E-state index contributed by atoms with van der Waals surface area (Å²) in [4.78, 5) is 14.0. The fraction of sp³-hybridized carbons (Fsp3) is 0.133. The molecule has 0 saturated heterocycles. The van der Waals surface area contributed by atoms with E-state index in [4.69, 9.17) is 17.3 Å². The first-order valence-corrected chi connectivity index (χ1v) is 6.54. The molecular weight excluding hydrogens is 279 g/mol. The predicted octanol–water partition coefficient (Wildman–Crippen LogP) is 3.22. The first-order chi connectivity index (χ1) is 9.56. The van der Waals surface area contributed by atoms with Crippen molar-refractivity contribution in [2.45, 2.75) is 13.1 Å². The van der Waals surface area contributed by atoms with Gasteiger partial charge in [0.05, 0.1) is 10.6 Å². The van der Waals surface area contributed by atoms with Crippen LogP contribution in [0.15, 0.2) is 36.4 Å². The summed E-state index contributed by atoms with van der Waals surface area (Å²) in [7, 11) is 0. The molecule has 2 aromatic rings. The maximum absolute atomic E-state index is 13.4. The Hall–Kier alpha value is -2.07. The average Bonchev–Trinajstić information content (AvgIpc) is 2.84. The molecule has 1 amide bonds. The largest absolute Gasteiger partial charge is 0.399 e. The molecule has 0 atom stereocenters. The monoisotopic (exact) mass is 290 g/mol. The molecule has 0 spiro atoms. The van der Waals surface area contributed by atoms with E-state index in [-0.39, 0.29) is 16.5 Å². The number of nitrogen functional groups attached to an aromatic ring is 1. The van der Waals surface area contributed by atoms with Gasteiger partial charge in [0.2, 0.25) is 0 Å². The highest BCUT2D eigenvalue weighted by molar-refractivity contribution is 6.34. The lowest BCUT2D eigenvalue weighted by Gasteiger charge is -2.16. The summed E-state index contributed by atoms with van der Waals surface area (Å²) < 4.78 is 13.4. The van der Waals surface area contributed by atoms with Crippen LogP contribution in [0.5, 0.6) is 0 Å². The second-order valence-electron chi connectivity index (χ2n) is 4.79. The van der Waals surface area contributed by atoms with Gasteiger partial charge in [0.25, 0.3) is 5.91 Å². The molecule has 2 aromatic carbocycles. The van der Waals surface area contributed by atoms with Gasteiger partial charge >= 0.3 is 0 Å². The SMILES string of the molecule is Nc1ccc2c(c1)CN(C(=O)c1cccc(F)c1Cl)C2. The van der Waals surface area contributed by atoms with Gasteiger partial charge < -0.3 is 10.6 Å². The van der Waals surface area contributed by atoms with Gasteiger partial charge in [0.15, 0.2) is 0 Å². The second-order valence-corrected chi connectivity index (χ2v) is 5.17. The highest BCUT2D eigenvalue weighted by Gasteiger charge is 2.26. The number of fused-ring (bicyclic) bond motifs is 1. The molecule has 5 heteroatoms. The summed E-state index contributed by atoms with van der Waals surface area (Å²) in [6.45, 7) is 0.952. The van der Waals surface area contributed by atoms with Crippen molar-refractivity contribution in [3.05, 3.63) is 63.9 Å². The maximum atomic E-state index is 13.4. The molecule has 1 aliphatic rings. The third kappa shape index (κ3) is 2.12. The Balaban J connectivity index is 1.89. The van der Waals surface area contributed by atoms with Crippen molar-refractivity contribution >= 4 is 23.2 Å². The van der Waals surface area contributed by atoms with Crippen LogP contribution in [0.25, 0.3) is 0 Å². The van der Waals surface area contributed by atoms with E-state index in [1.54, 1.807) is 4.90 Å². The Morgan fingerprint density at radius 3 is 2.75 bits per heavy atom. The van der Waals surface area contributed by atoms with E-state index in [0.29, 0.717) is 18.8 Å². The van der Waals surface area contributed by atoms with Gasteiger partial charge in [-0.05, 0) is 35.4 Å². The van der Waals surface area contributed by atoms with Crippen LogP contribution in [0.2, 0.25) is 5.02 Å². The van der Waals surface area contributed by atoms with Crippen LogP contribution >= 0.6 is 11.6 Å². The molecule has 102 valence electrons. The topological polar surface area (TPSA) is 46.3 Å². The first-order valence-electron chi connectivity index (χ1n) is 6.17. The summed E-state index contributed by atoms with van der Waals surface area (Å²) >= 11 is 5.86. The van der Waals surface area contributed by atoms with Crippen LogP contribution in [0.4, 0.5) is 10.1 Å². The van der Waals surface area contributed by atoms with Crippen LogP contribution in [-0.4, -0.2) is 10.8 Å². The van der Waals surface area contributed by atoms with E-state index in [9.17, 15) is 9.18 Å². The third-order valence-corrected chi connectivity index (χ3v) is 3.81. The second kappa shape index (κ2) is 4.80. The normalized spacial score (nSPS) is 13.4. The van der Waals surface area contributed by atoms with Crippen molar-refractivity contribution in [3.8, 4) is 0 Å². The molecule has 3 rings (SSSR count). The number of hydrogen-bond acceptors (Lipinski definition) is 2. The van der Waals surface area contributed by atoms with Gasteiger partial charge in [-0.3, -0.25) is 4.79 Å². The highest BCUT2D eigenvalue weighted by Crippen LogP contribution is 2.28. The van der Waals surface area contributed by atoms with Crippen LogP contribution in [0.1, 0.15) is 21.5 Å². The molecule has 2 N–H and O–H groups in total. The predicted molar refractivity (Wildman–Crippen MR) is 75.8 cm³/mol. The van der Waals surface area contributed by atoms with Crippen molar-refractivity contribution in [1.29, 1.82) is 0 Å². The van der Waals surface area contributed by atoms with Gasteiger partial charge in [-0.25, -0.2) is 4.39 Å². The summed E-state index contributed by atoms with van der Waals surface area (Å²) in [5.74, 6) is -0.859. The van der Waals surface area contributed by atoms with E-state index >= 15 is 0 Å². The molecule has 0 unspecified atom stereocenters. The van der Waals surface area contributed by atoms with Crippen molar-refractivity contribution in [2.24, 2.45) is 0 Å². The van der Waals surface area contributed by atoms with Crippen molar-refractivity contribution in [3.63, 3.8) is 0 Å². The Morgan fingerprint density at radius 1 is 1.20 bits per heavy atom. The molecule has 1 heterocycles. The molecule has 0 aliphatic carbocycles. The van der Waals surface area contributed by atoms with Crippen molar-refractivity contribution in [1.82, 2.24) is 4.90 Å². The van der Waals surface area contributed by atoms with E-state index in [1.807, 2.05) is 18.2 Å². The number of rotatable bonds is 1.